The molecule has 0 spiro atoms. The summed E-state index contributed by atoms with van der Waals surface area (Å²) in [5.41, 5.74) is 0.388. The molecule has 0 aliphatic rings. The predicted octanol–water partition coefficient (Wildman–Crippen LogP) is -0.123. The topological polar surface area (TPSA) is 105 Å². The minimum absolute atomic E-state index is 0.0962. The van der Waals surface area contributed by atoms with Gasteiger partial charge in [0.15, 0.2) is 0 Å². The van der Waals surface area contributed by atoms with Gasteiger partial charge in [-0.15, -0.1) is 0 Å². The lowest BCUT2D eigenvalue weighted by Crippen LogP contribution is -2.38. The van der Waals surface area contributed by atoms with E-state index in [2.05, 4.69) is 10.6 Å². The van der Waals surface area contributed by atoms with Gasteiger partial charge in [0.1, 0.15) is 0 Å². The summed E-state index contributed by atoms with van der Waals surface area (Å²) in [5.74, 6) is -1.82. The molecule has 2 amide bonds. The Morgan fingerprint density at radius 1 is 1.10 bits per heavy atom. The van der Waals surface area contributed by atoms with Gasteiger partial charge < -0.3 is 20.5 Å². The number of carboxylic acid groups (broad SMARTS) is 1. The molecule has 0 atom stereocenters. The average molecular weight is 280 g/mol. The van der Waals surface area contributed by atoms with Crippen LogP contribution in [0, 0.1) is 0 Å². The lowest BCUT2D eigenvalue weighted by Gasteiger charge is -2.06. The van der Waals surface area contributed by atoms with Crippen molar-refractivity contribution in [1.29, 1.82) is 0 Å². The van der Waals surface area contributed by atoms with E-state index in [-0.39, 0.29) is 18.0 Å². The zero-order chi connectivity index (χ0) is 15.0. The maximum Gasteiger partial charge on any atom is 0.335 e. The zero-order valence-electron chi connectivity index (χ0n) is 11.0. The third-order valence-electron chi connectivity index (χ3n) is 2.43. The number of hydrogen-bond acceptors (Lipinski definition) is 4. The lowest BCUT2D eigenvalue weighted by atomic mass is 10.1. The quantitative estimate of drug-likeness (QED) is 0.604. The summed E-state index contributed by atoms with van der Waals surface area (Å²) in [4.78, 5) is 33.7. The molecule has 0 saturated heterocycles. The van der Waals surface area contributed by atoms with E-state index in [0.29, 0.717) is 18.7 Å². The summed E-state index contributed by atoms with van der Waals surface area (Å²) in [5, 5.41) is 13.7. The average Bonchev–Trinajstić information content (AvgIpc) is 2.45. The van der Waals surface area contributed by atoms with Crippen molar-refractivity contribution in [3.8, 4) is 0 Å². The highest BCUT2D eigenvalue weighted by Crippen LogP contribution is 2.04. The molecule has 0 radical (unpaired) electrons. The molecule has 7 nitrogen and oxygen atoms in total. The van der Waals surface area contributed by atoms with Crippen molar-refractivity contribution in [2.75, 3.05) is 26.8 Å². The second-order valence-electron chi connectivity index (χ2n) is 3.91. The van der Waals surface area contributed by atoms with Crippen LogP contribution in [0.5, 0.6) is 0 Å². The fourth-order valence-corrected chi connectivity index (χ4v) is 1.38. The van der Waals surface area contributed by atoms with Gasteiger partial charge in [0.2, 0.25) is 5.91 Å². The SMILES string of the molecule is COCCNC(=O)CNC(=O)c1ccc(C(=O)O)cc1. The summed E-state index contributed by atoms with van der Waals surface area (Å²) in [7, 11) is 1.52. The van der Waals surface area contributed by atoms with Gasteiger partial charge in [0.05, 0.1) is 18.7 Å². The van der Waals surface area contributed by atoms with E-state index in [9.17, 15) is 14.4 Å². The zero-order valence-corrected chi connectivity index (χ0v) is 11.0. The summed E-state index contributed by atoms with van der Waals surface area (Å²) in [6, 6.07) is 5.44. The Labute approximate surface area is 115 Å². The first-order chi connectivity index (χ1) is 9.54. The van der Waals surface area contributed by atoms with E-state index < -0.39 is 11.9 Å². The lowest BCUT2D eigenvalue weighted by molar-refractivity contribution is -0.120. The molecule has 0 bridgehead atoms. The normalized spacial score (nSPS) is 9.85. The smallest absolute Gasteiger partial charge is 0.335 e. The van der Waals surface area contributed by atoms with Crippen LogP contribution in [-0.4, -0.2) is 49.7 Å². The molecule has 0 unspecified atom stereocenters. The molecule has 1 aromatic rings. The second-order valence-corrected chi connectivity index (χ2v) is 3.91. The van der Waals surface area contributed by atoms with E-state index >= 15 is 0 Å². The maximum atomic E-state index is 11.7. The largest absolute Gasteiger partial charge is 0.478 e. The Morgan fingerprint density at radius 3 is 2.25 bits per heavy atom. The van der Waals surface area contributed by atoms with E-state index in [1.165, 1.54) is 31.4 Å². The summed E-state index contributed by atoms with van der Waals surface area (Å²) >= 11 is 0. The highest BCUT2D eigenvalue weighted by atomic mass is 16.5. The number of amides is 2. The number of carboxylic acids is 1. The molecule has 0 aliphatic heterocycles. The molecule has 1 rings (SSSR count). The molecule has 1 aromatic carbocycles. The van der Waals surface area contributed by atoms with Gasteiger partial charge in [-0.2, -0.15) is 0 Å². The number of nitrogens with one attached hydrogen (secondary N) is 2. The van der Waals surface area contributed by atoms with Crippen molar-refractivity contribution in [3.05, 3.63) is 35.4 Å². The Morgan fingerprint density at radius 2 is 1.70 bits per heavy atom. The predicted molar refractivity (Wildman–Crippen MR) is 70.6 cm³/mol. The second kappa shape index (κ2) is 7.90. The molecular formula is C13H16N2O5. The highest BCUT2D eigenvalue weighted by molar-refractivity contribution is 5.97. The van der Waals surface area contributed by atoms with Crippen LogP contribution in [0.15, 0.2) is 24.3 Å². The van der Waals surface area contributed by atoms with Gasteiger partial charge in [-0.05, 0) is 24.3 Å². The van der Waals surface area contributed by atoms with E-state index in [0.717, 1.165) is 0 Å². The first-order valence-corrected chi connectivity index (χ1v) is 5.91. The number of benzene rings is 1. The number of ether oxygens (including phenoxy) is 1. The van der Waals surface area contributed by atoms with E-state index in [1.807, 2.05) is 0 Å². The Hall–Kier alpha value is -2.41. The van der Waals surface area contributed by atoms with Gasteiger partial charge in [-0.3, -0.25) is 9.59 Å². The number of carbonyl (C=O) groups is 3. The number of aromatic carboxylic acids is 1. The molecule has 0 aromatic heterocycles. The Bertz CT molecular complexity index is 484. The monoisotopic (exact) mass is 280 g/mol. The van der Waals surface area contributed by atoms with Crippen LogP contribution < -0.4 is 10.6 Å². The van der Waals surface area contributed by atoms with Crippen LogP contribution in [0.25, 0.3) is 0 Å². The maximum absolute atomic E-state index is 11.7. The van der Waals surface area contributed by atoms with Crippen LogP contribution >= 0.6 is 0 Å². The van der Waals surface area contributed by atoms with E-state index in [4.69, 9.17) is 9.84 Å². The fourth-order valence-electron chi connectivity index (χ4n) is 1.38. The summed E-state index contributed by atoms with van der Waals surface area (Å²) in [6.07, 6.45) is 0. The van der Waals surface area contributed by atoms with Crippen LogP contribution in [0.2, 0.25) is 0 Å². The standard InChI is InChI=1S/C13H16N2O5/c1-20-7-6-14-11(16)8-15-12(17)9-2-4-10(5-3-9)13(18)19/h2-5H,6-8H2,1H3,(H,14,16)(H,15,17)(H,18,19). The highest BCUT2D eigenvalue weighted by Gasteiger charge is 2.09. The van der Waals surface area contributed by atoms with Gasteiger partial charge in [-0.25, -0.2) is 4.79 Å². The van der Waals surface area contributed by atoms with Crippen molar-refractivity contribution in [3.63, 3.8) is 0 Å². The first-order valence-electron chi connectivity index (χ1n) is 5.91. The minimum atomic E-state index is -1.06. The number of rotatable bonds is 7. The van der Waals surface area contributed by atoms with Gasteiger partial charge in [0.25, 0.3) is 5.91 Å². The Balaban J connectivity index is 2.42. The van der Waals surface area contributed by atoms with Crippen LogP contribution in [0.4, 0.5) is 0 Å². The molecule has 3 N–H and O–H groups in total. The molecule has 0 aliphatic carbocycles. The third kappa shape index (κ3) is 5.07. The molecule has 108 valence electrons. The van der Waals surface area contributed by atoms with E-state index in [1.54, 1.807) is 0 Å². The molecule has 20 heavy (non-hydrogen) atoms. The third-order valence-corrected chi connectivity index (χ3v) is 2.43. The number of methoxy groups -OCH3 is 1. The number of carbonyl (C=O) groups excluding carboxylic acids is 2. The first kappa shape index (κ1) is 15.6. The van der Waals surface area contributed by atoms with Crippen molar-refractivity contribution < 1.29 is 24.2 Å². The van der Waals surface area contributed by atoms with Crippen molar-refractivity contribution >= 4 is 17.8 Å². The molecule has 7 heteroatoms. The molecule has 0 heterocycles. The van der Waals surface area contributed by atoms with Gasteiger partial charge in [0, 0.05) is 19.2 Å². The molecule has 0 fully saturated rings. The molecule has 0 saturated carbocycles. The van der Waals surface area contributed by atoms with Crippen LogP contribution in [0.3, 0.4) is 0 Å². The van der Waals surface area contributed by atoms with Gasteiger partial charge >= 0.3 is 5.97 Å². The van der Waals surface area contributed by atoms with Crippen LogP contribution in [0.1, 0.15) is 20.7 Å². The van der Waals surface area contributed by atoms with Crippen LogP contribution in [-0.2, 0) is 9.53 Å². The Kier molecular flexibility index (Phi) is 6.18. The van der Waals surface area contributed by atoms with Crippen molar-refractivity contribution in [2.45, 2.75) is 0 Å². The summed E-state index contributed by atoms with van der Waals surface area (Å²) < 4.78 is 4.77. The van der Waals surface area contributed by atoms with Crippen molar-refractivity contribution in [1.82, 2.24) is 10.6 Å². The van der Waals surface area contributed by atoms with Crippen molar-refractivity contribution in [2.24, 2.45) is 0 Å². The van der Waals surface area contributed by atoms with Gasteiger partial charge in [-0.1, -0.05) is 0 Å². The summed E-state index contributed by atoms with van der Waals surface area (Å²) in [6.45, 7) is 0.623. The fraction of sp³-hybridized carbons (Fsp3) is 0.308. The minimum Gasteiger partial charge on any atom is -0.478 e. The molecular weight excluding hydrogens is 264 g/mol. The number of hydrogen-bond donors (Lipinski definition) is 3.